The predicted octanol–water partition coefficient (Wildman–Crippen LogP) is 2.67. The number of likely N-dealkylation sites (tertiary alicyclic amines) is 1. The quantitative estimate of drug-likeness (QED) is 0.723. The number of nitrogens with one attached hydrogen (secondary N) is 1. The molecule has 2 aromatic heterocycles. The van der Waals surface area contributed by atoms with E-state index in [-0.39, 0.29) is 17.8 Å². The maximum Gasteiger partial charge on any atom is 0.271 e. The van der Waals surface area contributed by atoms with Crippen molar-refractivity contribution in [2.45, 2.75) is 38.8 Å². The van der Waals surface area contributed by atoms with E-state index < -0.39 is 0 Å². The third-order valence-corrected chi connectivity index (χ3v) is 6.32. The molecule has 1 fully saturated rings. The van der Waals surface area contributed by atoms with Crippen molar-refractivity contribution in [3.63, 3.8) is 0 Å². The van der Waals surface area contributed by atoms with E-state index in [1.165, 1.54) is 12.1 Å². The smallest absolute Gasteiger partial charge is 0.271 e. The van der Waals surface area contributed by atoms with Crippen LogP contribution in [0.25, 0.3) is 10.9 Å². The van der Waals surface area contributed by atoms with E-state index in [9.17, 15) is 9.18 Å². The lowest BCUT2D eigenvalue weighted by Gasteiger charge is -2.24. The Bertz CT molecular complexity index is 1090. The van der Waals surface area contributed by atoms with E-state index >= 15 is 0 Å². The minimum absolute atomic E-state index is 0.0512. The molecule has 152 valence electrons. The van der Waals surface area contributed by atoms with Gasteiger partial charge in [0.1, 0.15) is 17.3 Å². The molecule has 5 rings (SSSR count). The summed E-state index contributed by atoms with van der Waals surface area (Å²) in [4.78, 5) is 20.9. The number of aromatic nitrogens is 4. The maximum atomic E-state index is 13.7. The lowest BCUT2D eigenvalue weighted by atomic mass is 10.1. The second-order valence-electron chi connectivity index (χ2n) is 8.15. The van der Waals surface area contributed by atoms with Gasteiger partial charge in [0, 0.05) is 43.5 Å². The van der Waals surface area contributed by atoms with E-state index in [2.05, 4.69) is 31.7 Å². The number of carbonyl (C=O) groups is 1. The summed E-state index contributed by atoms with van der Waals surface area (Å²) in [5, 5.41) is 9.67. The molecule has 0 saturated carbocycles. The summed E-state index contributed by atoms with van der Waals surface area (Å²) in [7, 11) is 2.12. The van der Waals surface area contributed by atoms with Crippen molar-refractivity contribution in [1.82, 2.24) is 29.5 Å². The van der Waals surface area contributed by atoms with Crippen LogP contribution in [0.1, 0.15) is 46.6 Å². The molecule has 2 aliphatic heterocycles. The topological polar surface area (TPSA) is 70.1 Å². The summed E-state index contributed by atoms with van der Waals surface area (Å²) in [6, 6.07) is 4.50. The first-order valence-corrected chi connectivity index (χ1v) is 10.2. The van der Waals surface area contributed by atoms with Crippen molar-refractivity contribution in [3.05, 3.63) is 46.9 Å². The molecule has 4 heterocycles. The van der Waals surface area contributed by atoms with Crippen LogP contribution in [-0.2, 0) is 13.0 Å². The standard InChI is InChI=1S/C21H25FN6O/c1-13-15-12-14(22)5-6-16(15)23-19(13)21(29)27-8-3-4-17(27)20-25-24-18-7-9-26(2)10-11-28(18)20/h5-6,12,17,23H,3-4,7-11H2,1-2H3. The fraction of sp³-hybridized carbons (Fsp3) is 0.476. The number of hydrogen-bond acceptors (Lipinski definition) is 4. The van der Waals surface area contributed by atoms with E-state index in [1.54, 1.807) is 6.07 Å². The van der Waals surface area contributed by atoms with Gasteiger partial charge in [-0.25, -0.2) is 4.39 Å². The molecule has 0 bridgehead atoms. The zero-order valence-corrected chi connectivity index (χ0v) is 16.8. The Morgan fingerprint density at radius 3 is 2.93 bits per heavy atom. The van der Waals surface area contributed by atoms with Crippen molar-refractivity contribution >= 4 is 16.8 Å². The fourth-order valence-electron chi connectivity index (χ4n) is 4.63. The van der Waals surface area contributed by atoms with Crippen LogP contribution in [0.3, 0.4) is 0 Å². The second kappa shape index (κ2) is 6.95. The number of carbonyl (C=O) groups excluding carboxylic acids is 1. The van der Waals surface area contributed by atoms with Crippen molar-refractivity contribution in [3.8, 4) is 0 Å². The fourth-order valence-corrected chi connectivity index (χ4v) is 4.63. The molecule has 7 nitrogen and oxygen atoms in total. The zero-order valence-electron chi connectivity index (χ0n) is 16.8. The minimum atomic E-state index is -0.297. The molecule has 8 heteroatoms. The lowest BCUT2D eigenvalue weighted by Crippen LogP contribution is -2.33. The van der Waals surface area contributed by atoms with Crippen LogP contribution in [0, 0.1) is 12.7 Å². The number of H-pyrrole nitrogens is 1. The van der Waals surface area contributed by atoms with Crippen molar-refractivity contribution in [2.75, 3.05) is 26.7 Å². The molecule has 1 unspecified atom stereocenters. The highest BCUT2D eigenvalue weighted by Gasteiger charge is 2.36. The molecular weight excluding hydrogens is 371 g/mol. The summed E-state index contributed by atoms with van der Waals surface area (Å²) in [5.74, 6) is 1.54. The van der Waals surface area contributed by atoms with Crippen molar-refractivity contribution in [1.29, 1.82) is 0 Å². The van der Waals surface area contributed by atoms with Gasteiger partial charge in [0.15, 0.2) is 5.82 Å². The SMILES string of the molecule is Cc1c(C(=O)N2CCCC2c2nnc3n2CCN(C)CC3)[nH]c2ccc(F)cc12. The largest absolute Gasteiger partial charge is 0.350 e. The van der Waals surface area contributed by atoms with E-state index in [0.717, 1.165) is 67.0 Å². The first kappa shape index (κ1) is 18.3. The van der Waals surface area contributed by atoms with E-state index in [1.807, 2.05) is 11.8 Å². The summed E-state index contributed by atoms with van der Waals surface area (Å²) in [5.41, 5.74) is 2.10. The third-order valence-electron chi connectivity index (χ3n) is 6.32. The highest BCUT2D eigenvalue weighted by Crippen LogP contribution is 2.34. The number of aryl methyl sites for hydroxylation is 1. The molecule has 3 aromatic rings. The van der Waals surface area contributed by atoms with Crippen molar-refractivity contribution in [2.24, 2.45) is 0 Å². The van der Waals surface area contributed by atoms with Gasteiger partial charge in [-0.15, -0.1) is 10.2 Å². The Labute approximate surface area is 168 Å². The summed E-state index contributed by atoms with van der Waals surface area (Å²) >= 11 is 0. The van der Waals surface area contributed by atoms with Crippen molar-refractivity contribution < 1.29 is 9.18 Å². The number of hydrogen-bond donors (Lipinski definition) is 1. The van der Waals surface area contributed by atoms with Crippen LogP contribution in [0.4, 0.5) is 4.39 Å². The van der Waals surface area contributed by atoms with Crippen LogP contribution in [-0.4, -0.2) is 62.1 Å². The van der Waals surface area contributed by atoms with Gasteiger partial charge in [0.05, 0.1) is 6.04 Å². The lowest BCUT2D eigenvalue weighted by molar-refractivity contribution is 0.0721. The molecule has 1 aromatic carbocycles. The molecule has 1 N–H and O–H groups in total. The Kier molecular flexibility index (Phi) is 4.38. The average molecular weight is 396 g/mol. The van der Waals surface area contributed by atoms with E-state index in [4.69, 9.17) is 0 Å². The molecule has 29 heavy (non-hydrogen) atoms. The summed E-state index contributed by atoms with van der Waals surface area (Å²) < 4.78 is 15.9. The van der Waals surface area contributed by atoms with Crippen LogP contribution >= 0.6 is 0 Å². The molecule has 0 aliphatic carbocycles. The Hall–Kier alpha value is -2.74. The number of benzene rings is 1. The Balaban J connectivity index is 1.49. The van der Waals surface area contributed by atoms with Gasteiger partial charge in [-0.05, 0) is 50.6 Å². The number of likely N-dealkylation sites (N-methyl/N-ethyl adjacent to an activating group) is 1. The number of rotatable bonds is 2. The summed E-state index contributed by atoms with van der Waals surface area (Å²) in [6.45, 7) is 5.32. The maximum absolute atomic E-state index is 13.7. The van der Waals surface area contributed by atoms with Gasteiger partial charge in [0.25, 0.3) is 5.91 Å². The van der Waals surface area contributed by atoms with Crippen LogP contribution in [0.2, 0.25) is 0 Å². The van der Waals surface area contributed by atoms with Gasteiger partial charge in [-0.3, -0.25) is 4.79 Å². The Morgan fingerprint density at radius 1 is 1.21 bits per heavy atom. The predicted molar refractivity (Wildman–Crippen MR) is 107 cm³/mol. The molecule has 1 saturated heterocycles. The Morgan fingerprint density at radius 2 is 2.07 bits per heavy atom. The number of amides is 1. The van der Waals surface area contributed by atoms with Gasteiger partial charge < -0.3 is 19.4 Å². The first-order chi connectivity index (χ1) is 14.0. The number of aromatic amines is 1. The molecule has 2 aliphatic rings. The number of halogens is 1. The molecule has 0 radical (unpaired) electrons. The second-order valence-corrected chi connectivity index (χ2v) is 8.15. The number of nitrogens with zero attached hydrogens (tertiary/aromatic N) is 5. The van der Waals surface area contributed by atoms with Crippen LogP contribution in [0.15, 0.2) is 18.2 Å². The monoisotopic (exact) mass is 396 g/mol. The van der Waals surface area contributed by atoms with E-state index in [0.29, 0.717) is 12.2 Å². The molecule has 0 spiro atoms. The van der Waals surface area contributed by atoms with Gasteiger partial charge >= 0.3 is 0 Å². The summed E-state index contributed by atoms with van der Waals surface area (Å²) in [6.07, 6.45) is 2.69. The minimum Gasteiger partial charge on any atom is -0.350 e. The van der Waals surface area contributed by atoms with Crippen LogP contribution < -0.4 is 0 Å². The van der Waals surface area contributed by atoms with Crippen LogP contribution in [0.5, 0.6) is 0 Å². The molecule has 1 atom stereocenters. The van der Waals surface area contributed by atoms with Gasteiger partial charge in [-0.2, -0.15) is 0 Å². The number of fused-ring (bicyclic) bond motifs is 2. The third kappa shape index (κ3) is 3.02. The molecular formula is C21H25FN6O. The average Bonchev–Trinajstić information content (AvgIpc) is 3.39. The first-order valence-electron chi connectivity index (χ1n) is 10.2. The van der Waals surface area contributed by atoms with Gasteiger partial charge in [0.2, 0.25) is 0 Å². The zero-order chi connectivity index (χ0) is 20.1. The highest BCUT2D eigenvalue weighted by atomic mass is 19.1. The van der Waals surface area contributed by atoms with Gasteiger partial charge in [-0.1, -0.05) is 0 Å². The highest BCUT2D eigenvalue weighted by molar-refractivity contribution is 6.01. The normalized spacial score (nSPS) is 20.2. The molecule has 1 amide bonds.